The lowest BCUT2D eigenvalue weighted by molar-refractivity contribution is 1.11. The van der Waals surface area contributed by atoms with E-state index in [1.807, 2.05) is 13.2 Å². The van der Waals surface area contributed by atoms with E-state index >= 15 is 0 Å². The molecule has 0 N–H and O–H groups in total. The Bertz CT molecular complexity index is 119. The molecule has 0 aliphatic rings. The monoisotopic (exact) mass is 145 g/mol. The highest BCUT2D eigenvalue weighted by atomic mass is 32.2. The number of hydrogen-bond donors (Lipinski definition) is 0. The summed E-state index contributed by atoms with van der Waals surface area (Å²) in [7, 11) is 1.64. The Morgan fingerprint density at radius 1 is 1.56 bits per heavy atom. The van der Waals surface area contributed by atoms with Crippen LogP contribution in [-0.2, 0) is 0 Å². The van der Waals surface area contributed by atoms with Crippen molar-refractivity contribution in [1.82, 2.24) is 0 Å². The molecule has 0 aliphatic carbocycles. The minimum absolute atomic E-state index is 0.750. The van der Waals surface area contributed by atoms with Crippen molar-refractivity contribution in [1.29, 1.82) is 0 Å². The summed E-state index contributed by atoms with van der Waals surface area (Å²) in [5.41, 5.74) is 0. The quantitative estimate of drug-likeness (QED) is 0.315. The Hall–Kier alpha value is -0.380. The van der Waals surface area contributed by atoms with Gasteiger partial charge in [0.25, 0.3) is 0 Å². The van der Waals surface area contributed by atoms with Crippen LogP contribution in [0.3, 0.4) is 0 Å². The van der Waals surface area contributed by atoms with Crippen molar-refractivity contribution in [3.63, 3.8) is 0 Å². The molecule has 0 amide bonds. The SMILES string of the molecule is CCN=C(N=NC)SC. The Morgan fingerprint density at radius 3 is 2.56 bits per heavy atom. The molecule has 0 atom stereocenters. The number of amidine groups is 1. The molecule has 9 heavy (non-hydrogen) atoms. The standard InChI is InChI=1S/C5H11N3S/c1-4-7-5(9-3)8-6-2/h4H2,1-3H3. The fourth-order valence-corrected chi connectivity index (χ4v) is 0.779. The Morgan fingerprint density at radius 2 is 2.22 bits per heavy atom. The normalized spacial score (nSPS) is 13.0. The number of thioether (sulfide) groups is 1. The highest BCUT2D eigenvalue weighted by molar-refractivity contribution is 8.13. The van der Waals surface area contributed by atoms with Crippen LogP contribution in [0.15, 0.2) is 15.2 Å². The number of azo groups is 1. The van der Waals surface area contributed by atoms with E-state index in [-0.39, 0.29) is 0 Å². The second kappa shape index (κ2) is 5.75. The first kappa shape index (κ1) is 8.62. The molecule has 0 radical (unpaired) electrons. The summed E-state index contributed by atoms with van der Waals surface area (Å²) >= 11 is 1.51. The van der Waals surface area contributed by atoms with Gasteiger partial charge >= 0.3 is 0 Å². The molecule has 0 spiro atoms. The van der Waals surface area contributed by atoms with E-state index in [2.05, 4.69) is 15.2 Å². The predicted octanol–water partition coefficient (Wildman–Crippen LogP) is 1.81. The molecule has 0 saturated carbocycles. The minimum Gasteiger partial charge on any atom is -0.260 e. The summed E-state index contributed by atoms with van der Waals surface area (Å²) in [6.07, 6.45) is 1.93. The molecule has 3 nitrogen and oxygen atoms in total. The van der Waals surface area contributed by atoms with Crippen molar-refractivity contribution >= 4 is 16.9 Å². The average Bonchev–Trinajstić information content (AvgIpc) is 1.88. The topological polar surface area (TPSA) is 37.1 Å². The molecule has 0 fully saturated rings. The van der Waals surface area contributed by atoms with Gasteiger partial charge in [0.05, 0.1) is 0 Å². The molecule has 0 aliphatic heterocycles. The van der Waals surface area contributed by atoms with Crippen molar-refractivity contribution in [2.75, 3.05) is 19.8 Å². The Kier molecular flexibility index (Phi) is 5.51. The van der Waals surface area contributed by atoms with Gasteiger partial charge in [0.1, 0.15) is 0 Å². The maximum Gasteiger partial charge on any atom is 0.203 e. The molecule has 4 heteroatoms. The molecular weight excluding hydrogens is 134 g/mol. The molecule has 0 aromatic heterocycles. The van der Waals surface area contributed by atoms with Crippen LogP contribution in [-0.4, -0.2) is 25.0 Å². The van der Waals surface area contributed by atoms with Crippen LogP contribution in [0.4, 0.5) is 0 Å². The van der Waals surface area contributed by atoms with Gasteiger partial charge in [-0.3, -0.25) is 4.99 Å². The average molecular weight is 145 g/mol. The lowest BCUT2D eigenvalue weighted by Gasteiger charge is -1.89. The molecule has 0 rings (SSSR count). The molecule has 52 valence electrons. The maximum atomic E-state index is 4.05. The van der Waals surface area contributed by atoms with Gasteiger partial charge in [-0.2, -0.15) is 5.11 Å². The van der Waals surface area contributed by atoms with E-state index in [0.29, 0.717) is 0 Å². The zero-order valence-electron chi connectivity index (χ0n) is 5.96. The highest BCUT2D eigenvalue weighted by Gasteiger charge is 1.87. The third-order valence-electron chi connectivity index (χ3n) is 0.661. The first-order chi connectivity index (χ1) is 4.35. The van der Waals surface area contributed by atoms with Crippen LogP contribution in [0.2, 0.25) is 0 Å². The van der Waals surface area contributed by atoms with Crippen molar-refractivity contribution in [3.05, 3.63) is 0 Å². The Labute approximate surface area is 59.7 Å². The third-order valence-corrected chi connectivity index (χ3v) is 1.24. The largest absolute Gasteiger partial charge is 0.260 e. The van der Waals surface area contributed by atoms with E-state index in [4.69, 9.17) is 0 Å². The third kappa shape index (κ3) is 4.14. The van der Waals surface area contributed by atoms with Crippen LogP contribution in [0.25, 0.3) is 0 Å². The summed E-state index contributed by atoms with van der Waals surface area (Å²) in [6.45, 7) is 2.75. The highest BCUT2D eigenvalue weighted by Crippen LogP contribution is 1.99. The van der Waals surface area contributed by atoms with E-state index in [9.17, 15) is 0 Å². The summed E-state index contributed by atoms with van der Waals surface area (Å²) < 4.78 is 0. The molecule has 0 aromatic carbocycles. The van der Waals surface area contributed by atoms with E-state index in [0.717, 1.165) is 11.7 Å². The fraction of sp³-hybridized carbons (Fsp3) is 0.800. The maximum absolute atomic E-state index is 4.05. The van der Waals surface area contributed by atoms with Gasteiger partial charge in [-0.25, -0.2) is 0 Å². The minimum atomic E-state index is 0.750. The van der Waals surface area contributed by atoms with Gasteiger partial charge in [0.15, 0.2) is 0 Å². The molecule has 0 unspecified atom stereocenters. The number of hydrogen-bond acceptors (Lipinski definition) is 3. The van der Waals surface area contributed by atoms with Crippen molar-refractivity contribution in [2.24, 2.45) is 15.2 Å². The van der Waals surface area contributed by atoms with Crippen molar-refractivity contribution in [2.45, 2.75) is 6.92 Å². The van der Waals surface area contributed by atoms with Gasteiger partial charge in [0, 0.05) is 13.6 Å². The van der Waals surface area contributed by atoms with Gasteiger partial charge in [-0.05, 0) is 13.2 Å². The van der Waals surface area contributed by atoms with Crippen LogP contribution < -0.4 is 0 Å². The summed E-state index contributed by atoms with van der Waals surface area (Å²) in [4.78, 5) is 4.05. The molecule has 0 saturated heterocycles. The second-order valence-corrected chi connectivity index (χ2v) is 2.03. The van der Waals surface area contributed by atoms with E-state index in [1.165, 1.54) is 11.8 Å². The first-order valence-electron chi connectivity index (χ1n) is 2.73. The lowest BCUT2D eigenvalue weighted by Crippen LogP contribution is -1.84. The summed E-state index contributed by atoms with van der Waals surface area (Å²) in [6, 6.07) is 0. The first-order valence-corrected chi connectivity index (χ1v) is 3.95. The smallest absolute Gasteiger partial charge is 0.203 e. The van der Waals surface area contributed by atoms with Crippen LogP contribution >= 0.6 is 11.8 Å². The zero-order valence-corrected chi connectivity index (χ0v) is 6.77. The van der Waals surface area contributed by atoms with Gasteiger partial charge in [-0.1, -0.05) is 11.8 Å². The number of nitrogens with zero attached hydrogens (tertiary/aromatic N) is 3. The molecule has 0 heterocycles. The lowest BCUT2D eigenvalue weighted by atomic mass is 10.8. The van der Waals surface area contributed by atoms with Crippen molar-refractivity contribution in [3.8, 4) is 0 Å². The van der Waals surface area contributed by atoms with Crippen LogP contribution in [0, 0.1) is 0 Å². The summed E-state index contributed by atoms with van der Waals surface area (Å²) in [5, 5.41) is 8.12. The fourth-order valence-electron chi connectivity index (χ4n) is 0.358. The van der Waals surface area contributed by atoms with Crippen molar-refractivity contribution < 1.29 is 0 Å². The van der Waals surface area contributed by atoms with Gasteiger partial charge in [-0.15, -0.1) is 5.11 Å². The van der Waals surface area contributed by atoms with Crippen LogP contribution in [0.5, 0.6) is 0 Å². The van der Waals surface area contributed by atoms with Gasteiger partial charge in [0.2, 0.25) is 5.17 Å². The summed E-state index contributed by atoms with van der Waals surface area (Å²) in [5.74, 6) is 0. The van der Waals surface area contributed by atoms with Gasteiger partial charge < -0.3 is 0 Å². The zero-order chi connectivity index (χ0) is 7.11. The molecule has 0 aromatic rings. The second-order valence-electron chi connectivity index (χ2n) is 1.26. The number of aliphatic imine (C=N–C) groups is 1. The molecular formula is C5H11N3S. The van der Waals surface area contributed by atoms with E-state index < -0.39 is 0 Å². The number of rotatable bonds is 1. The van der Waals surface area contributed by atoms with Crippen LogP contribution in [0.1, 0.15) is 6.92 Å². The predicted molar refractivity (Wildman–Crippen MR) is 42.3 cm³/mol. The Balaban J connectivity index is 3.81. The van der Waals surface area contributed by atoms with E-state index in [1.54, 1.807) is 7.05 Å². The molecule has 0 bridgehead atoms.